The number of nitrogens with two attached hydrogens (primary N) is 1. The van der Waals surface area contributed by atoms with Crippen LogP contribution in [0.5, 0.6) is 5.75 Å². The summed E-state index contributed by atoms with van der Waals surface area (Å²) < 4.78 is 10.8. The van der Waals surface area contributed by atoms with Crippen molar-refractivity contribution in [1.29, 1.82) is 0 Å². The van der Waals surface area contributed by atoms with Gasteiger partial charge in [-0.15, -0.1) is 0 Å². The summed E-state index contributed by atoms with van der Waals surface area (Å²) in [5, 5.41) is 12.9. The molecule has 9 nitrogen and oxygen atoms in total. The summed E-state index contributed by atoms with van der Waals surface area (Å²) in [7, 11) is 1.66. The number of hydrogen-bond donors (Lipinski definition) is 3. The van der Waals surface area contributed by atoms with Crippen molar-refractivity contribution in [1.82, 2.24) is 14.9 Å². The van der Waals surface area contributed by atoms with Gasteiger partial charge in [-0.2, -0.15) is 4.98 Å². The predicted molar refractivity (Wildman–Crippen MR) is 139 cm³/mol. The fourth-order valence-electron chi connectivity index (χ4n) is 4.09. The van der Waals surface area contributed by atoms with Crippen LogP contribution < -0.4 is 15.8 Å². The van der Waals surface area contributed by atoms with Crippen molar-refractivity contribution in [2.24, 2.45) is 0 Å². The van der Waals surface area contributed by atoms with Crippen LogP contribution in [0.2, 0.25) is 0 Å². The first-order valence-corrected chi connectivity index (χ1v) is 12.4. The van der Waals surface area contributed by atoms with E-state index in [-0.39, 0.29) is 31.1 Å². The van der Waals surface area contributed by atoms with Gasteiger partial charge in [-0.1, -0.05) is 32.4 Å². The molecule has 0 radical (unpaired) electrons. The molecule has 0 aliphatic carbocycles. The molecule has 194 valence electrons. The van der Waals surface area contributed by atoms with Crippen molar-refractivity contribution in [2.45, 2.75) is 66.0 Å². The number of benzene rings is 1. The minimum absolute atomic E-state index is 0.0983. The fraction of sp³-hybridized carbons (Fsp3) is 0.577. The van der Waals surface area contributed by atoms with E-state index in [9.17, 15) is 9.90 Å². The number of aromatic nitrogens is 2. The summed E-state index contributed by atoms with van der Waals surface area (Å²) in [5.41, 5.74) is 9.76. The lowest BCUT2D eigenvalue weighted by Crippen LogP contribution is -2.30. The highest BCUT2D eigenvalue weighted by atomic mass is 16.5. The first-order chi connectivity index (χ1) is 16.8. The Bertz CT molecular complexity index is 948. The maximum absolute atomic E-state index is 11.9. The van der Waals surface area contributed by atoms with E-state index in [1.807, 2.05) is 37.8 Å². The number of nitrogen functional groups attached to an aromatic ring is 1. The number of aliphatic hydroxyl groups is 1. The van der Waals surface area contributed by atoms with Crippen LogP contribution in [0, 0.1) is 6.92 Å². The number of nitrogens with zero attached hydrogens (tertiary/aromatic N) is 3. The number of esters is 1. The molecule has 35 heavy (non-hydrogen) atoms. The fourth-order valence-corrected chi connectivity index (χ4v) is 4.09. The number of carbonyl (C=O) groups excluding carboxylic acids is 1. The molecule has 1 aromatic heterocycles. The number of aryl methyl sites for hydroxylation is 1. The Morgan fingerprint density at radius 1 is 1.23 bits per heavy atom. The second kappa shape index (κ2) is 14.5. The van der Waals surface area contributed by atoms with Crippen LogP contribution in [-0.2, 0) is 22.5 Å². The van der Waals surface area contributed by atoms with E-state index < -0.39 is 0 Å². The summed E-state index contributed by atoms with van der Waals surface area (Å²) in [4.78, 5) is 22.8. The summed E-state index contributed by atoms with van der Waals surface area (Å²) in [5.74, 6) is 1.45. The van der Waals surface area contributed by atoms with Gasteiger partial charge in [0.1, 0.15) is 11.6 Å². The third-order valence-electron chi connectivity index (χ3n) is 5.92. The standard InChI is InChI=1S/C26H41N5O4/c1-6-9-21(12-13-32)29-25-22(18(4)28-26(27)30-25)15-20-11-10-19(14-23(20)34-5)16-31(7-2)17-24(33)35-8-3/h10-11,14,21,32H,6-9,12-13,15-17H2,1-5H3,(H3,27,28,29,30)/t21-/m0/s1. The van der Waals surface area contributed by atoms with Crippen molar-refractivity contribution in [2.75, 3.05) is 44.5 Å². The summed E-state index contributed by atoms with van der Waals surface area (Å²) in [6, 6.07) is 6.21. The van der Waals surface area contributed by atoms with Gasteiger partial charge >= 0.3 is 5.97 Å². The Morgan fingerprint density at radius 3 is 2.63 bits per heavy atom. The van der Waals surface area contributed by atoms with E-state index in [4.69, 9.17) is 15.2 Å². The molecule has 0 aliphatic rings. The third-order valence-corrected chi connectivity index (χ3v) is 5.92. The monoisotopic (exact) mass is 487 g/mol. The molecule has 1 atom stereocenters. The summed E-state index contributed by atoms with van der Waals surface area (Å²) in [6.07, 6.45) is 3.11. The first-order valence-electron chi connectivity index (χ1n) is 12.4. The van der Waals surface area contributed by atoms with Gasteiger partial charge in [0.15, 0.2) is 0 Å². The number of aliphatic hydroxyl groups excluding tert-OH is 1. The molecule has 0 fully saturated rings. The Labute approximate surface area is 209 Å². The number of ether oxygens (including phenoxy) is 2. The molecule has 1 aromatic carbocycles. The number of carbonyl (C=O) groups is 1. The van der Waals surface area contributed by atoms with Crippen molar-refractivity contribution in [3.05, 3.63) is 40.6 Å². The lowest BCUT2D eigenvalue weighted by Gasteiger charge is -2.22. The smallest absolute Gasteiger partial charge is 0.320 e. The third kappa shape index (κ3) is 8.67. The topological polar surface area (TPSA) is 123 Å². The molecule has 9 heteroatoms. The van der Waals surface area contributed by atoms with Gasteiger partial charge in [0.05, 0.1) is 20.3 Å². The zero-order valence-corrected chi connectivity index (χ0v) is 21.8. The van der Waals surface area contributed by atoms with E-state index in [2.05, 4.69) is 28.3 Å². The molecule has 0 saturated carbocycles. The van der Waals surface area contributed by atoms with Gasteiger partial charge in [0.2, 0.25) is 5.95 Å². The molecule has 0 bridgehead atoms. The zero-order chi connectivity index (χ0) is 25.8. The van der Waals surface area contributed by atoms with E-state index in [1.54, 1.807) is 7.11 Å². The number of hydrogen-bond acceptors (Lipinski definition) is 9. The Morgan fingerprint density at radius 2 is 2.00 bits per heavy atom. The van der Waals surface area contributed by atoms with Gasteiger partial charge in [0.25, 0.3) is 0 Å². The van der Waals surface area contributed by atoms with Gasteiger partial charge in [-0.05, 0) is 50.4 Å². The minimum Gasteiger partial charge on any atom is -0.496 e. The summed E-state index contributed by atoms with van der Waals surface area (Å²) >= 11 is 0. The van der Waals surface area contributed by atoms with Crippen LogP contribution in [0.4, 0.5) is 11.8 Å². The van der Waals surface area contributed by atoms with Crippen LogP contribution in [0.15, 0.2) is 18.2 Å². The molecular weight excluding hydrogens is 446 g/mol. The van der Waals surface area contributed by atoms with Crippen molar-refractivity contribution in [3.8, 4) is 5.75 Å². The Hall–Kier alpha value is -2.91. The lowest BCUT2D eigenvalue weighted by atomic mass is 10.0. The van der Waals surface area contributed by atoms with E-state index >= 15 is 0 Å². The second-order valence-corrected chi connectivity index (χ2v) is 8.57. The van der Waals surface area contributed by atoms with E-state index in [0.29, 0.717) is 31.8 Å². The largest absolute Gasteiger partial charge is 0.496 e. The first kappa shape index (κ1) is 28.3. The maximum Gasteiger partial charge on any atom is 0.320 e. The maximum atomic E-state index is 11.9. The van der Waals surface area contributed by atoms with Crippen LogP contribution >= 0.6 is 0 Å². The van der Waals surface area contributed by atoms with E-state index in [0.717, 1.165) is 47.5 Å². The van der Waals surface area contributed by atoms with Crippen molar-refractivity contribution < 1.29 is 19.4 Å². The molecule has 1 heterocycles. The minimum atomic E-state index is -0.223. The van der Waals surface area contributed by atoms with E-state index in [1.165, 1.54) is 0 Å². The molecular formula is C26H41N5O4. The van der Waals surface area contributed by atoms with Crippen LogP contribution in [0.1, 0.15) is 62.4 Å². The lowest BCUT2D eigenvalue weighted by molar-refractivity contribution is -0.144. The zero-order valence-electron chi connectivity index (χ0n) is 21.8. The highest BCUT2D eigenvalue weighted by Gasteiger charge is 2.18. The van der Waals surface area contributed by atoms with Crippen LogP contribution in [0.3, 0.4) is 0 Å². The highest BCUT2D eigenvalue weighted by Crippen LogP contribution is 2.28. The molecule has 0 saturated heterocycles. The second-order valence-electron chi connectivity index (χ2n) is 8.57. The SMILES string of the molecule is CCC[C@@H](CCO)Nc1nc(N)nc(C)c1Cc1ccc(CN(CC)CC(=O)OCC)cc1OC. The molecule has 2 rings (SSSR count). The number of likely N-dealkylation sites (N-methyl/N-ethyl adjacent to an activating group) is 1. The average molecular weight is 488 g/mol. The van der Waals surface area contributed by atoms with Gasteiger partial charge in [-0.3, -0.25) is 9.69 Å². The molecule has 4 N–H and O–H groups in total. The highest BCUT2D eigenvalue weighted by molar-refractivity contribution is 5.71. The summed E-state index contributed by atoms with van der Waals surface area (Å²) in [6.45, 7) is 9.94. The predicted octanol–water partition coefficient (Wildman–Crippen LogP) is 3.31. The van der Waals surface area contributed by atoms with Gasteiger partial charge in [-0.25, -0.2) is 4.98 Å². The molecule has 2 aromatic rings. The van der Waals surface area contributed by atoms with Gasteiger partial charge < -0.3 is 25.6 Å². The molecule has 0 spiro atoms. The van der Waals surface area contributed by atoms with Crippen molar-refractivity contribution >= 4 is 17.7 Å². The molecule has 0 amide bonds. The normalized spacial score (nSPS) is 12.0. The quantitative estimate of drug-likeness (QED) is 0.325. The van der Waals surface area contributed by atoms with Crippen molar-refractivity contribution in [3.63, 3.8) is 0 Å². The number of rotatable bonds is 15. The number of anilines is 2. The molecule has 0 unspecified atom stereocenters. The number of methoxy groups -OCH3 is 1. The molecule has 0 aliphatic heterocycles. The number of nitrogens with one attached hydrogen (secondary N) is 1. The van der Waals surface area contributed by atoms with Gasteiger partial charge in [0, 0.05) is 36.9 Å². The Kier molecular flexibility index (Phi) is 11.7. The Balaban J connectivity index is 2.28. The van der Waals surface area contributed by atoms with Crippen LogP contribution in [-0.4, -0.2) is 65.4 Å². The van der Waals surface area contributed by atoms with Crippen LogP contribution in [0.25, 0.3) is 0 Å². The average Bonchev–Trinajstić information content (AvgIpc) is 2.81.